The highest BCUT2D eigenvalue weighted by Crippen LogP contribution is 2.48. The summed E-state index contributed by atoms with van der Waals surface area (Å²) in [5.74, 6) is 0.917. The predicted octanol–water partition coefficient (Wildman–Crippen LogP) is 6.34. The van der Waals surface area contributed by atoms with Crippen LogP contribution < -0.4 is 4.74 Å². The van der Waals surface area contributed by atoms with E-state index in [4.69, 9.17) is 21.4 Å². The first-order valence-electron chi connectivity index (χ1n) is 8.82. The summed E-state index contributed by atoms with van der Waals surface area (Å²) < 4.78 is 7.41. The zero-order valence-electron chi connectivity index (χ0n) is 14.3. The third kappa shape index (κ3) is 3.03. The van der Waals surface area contributed by atoms with Gasteiger partial charge in [0.25, 0.3) is 0 Å². The number of hydrogen-bond donors (Lipinski definition) is 0. The number of ether oxygens (including phenoxy) is 1. The maximum absolute atomic E-state index is 6.37. The fourth-order valence-electron chi connectivity index (χ4n) is 3.71. The molecule has 3 nitrogen and oxygen atoms in total. The zero-order chi connectivity index (χ0) is 18.4. The van der Waals surface area contributed by atoms with Gasteiger partial charge in [0.2, 0.25) is 6.23 Å². The highest BCUT2D eigenvalue weighted by atomic mass is 79.9. The molecule has 3 aromatic carbocycles. The van der Waals surface area contributed by atoms with E-state index in [2.05, 4.69) is 39.1 Å². The molecule has 0 unspecified atom stereocenters. The van der Waals surface area contributed by atoms with Crippen LogP contribution in [0.15, 0.2) is 82.4 Å². The summed E-state index contributed by atoms with van der Waals surface area (Å²) in [6, 6.07) is 24.5. The van der Waals surface area contributed by atoms with Crippen LogP contribution in [0.4, 0.5) is 0 Å². The van der Waals surface area contributed by atoms with E-state index in [9.17, 15) is 0 Å². The van der Waals surface area contributed by atoms with Crippen molar-refractivity contribution in [3.05, 3.63) is 99.0 Å². The van der Waals surface area contributed by atoms with Crippen LogP contribution >= 0.6 is 27.5 Å². The molecule has 5 rings (SSSR count). The molecule has 0 aromatic heterocycles. The van der Waals surface area contributed by atoms with E-state index in [1.54, 1.807) is 0 Å². The van der Waals surface area contributed by atoms with E-state index in [1.165, 1.54) is 0 Å². The summed E-state index contributed by atoms with van der Waals surface area (Å²) in [5.41, 5.74) is 4.40. The van der Waals surface area contributed by atoms with E-state index in [0.717, 1.165) is 44.1 Å². The van der Waals surface area contributed by atoms with Gasteiger partial charge in [0.05, 0.1) is 11.8 Å². The molecule has 0 aliphatic carbocycles. The number of fused-ring (bicyclic) bond motifs is 3. The van der Waals surface area contributed by atoms with Crippen LogP contribution in [-0.2, 0) is 0 Å². The van der Waals surface area contributed by atoms with Gasteiger partial charge in [0.15, 0.2) is 0 Å². The topological polar surface area (TPSA) is 24.8 Å². The standard InChI is InChI=1S/C22H16BrClN2O/c23-16-8-11-21-18(12-16)20-13-19(14-6-9-17(24)10-7-14)25-26(20)22(27-21)15-4-2-1-3-5-15/h1-12,20,22H,13H2/t20-,22+/m0/s1. The van der Waals surface area contributed by atoms with Crippen LogP contribution in [0.1, 0.15) is 35.4 Å². The van der Waals surface area contributed by atoms with Gasteiger partial charge in [-0.25, -0.2) is 5.01 Å². The van der Waals surface area contributed by atoms with Crippen LogP contribution in [0, 0.1) is 0 Å². The quantitative estimate of drug-likeness (QED) is 0.465. The summed E-state index contributed by atoms with van der Waals surface area (Å²) in [6.07, 6.45) is 0.590. The van der Waals surface area contributed by atoms with Crippen LogP contribution in [0.25, 0.3) is 0 Å². The molecule has 5 heteroatoms. The second-order valence-corrected chi connectivity index (χ2v) is 8.07. The molecule has 0 bridgehead atoms. The lowest BCUT2D eigenvalue weighted by Gasteiger charge is -2.38. The fourth-order valence-corrected chi connectivity index (χ4v) is 4.22. The van der Waals surface area contributed by atoms with E-state index in [0.29, 0.717) is 0 Å². The molecule has 3 aromatic rings. The first kappa shape index (κ1) is 16.8. The zero-order valence-corrected chi connectivity index (χ0v) is 16.7. The molecule has 0 amide bonds. The van der Waals surface area contributed by atoms with Gasteiger partial charge < -0.3 is 4.74 Å². The maximum atomic E-state index is 6.37. The molecule has 27 heavy (non-hydrogen) atoms. The van der Waals surface area contributed by atoms with E-state index in [-0.39, 0.29) is 12.3 Å². The van der Waals surface area contributed by atoms with E-state index in [1.807, 2.05) is 54.6 Å². The van der Waals surface area contributed by atoms with E-state index < -0.39 is 0 Å². The Balaban J connectivity index is 1.60. The summed E-state index contributed by atoms with van der Waals surface area (Å²) in [6.45, 7) is 0. The summed E-state index contributed by atoms with van der Waals surface area (Å²) in [4.78, 5) is 0. The molecule has 134 valence electrons. The maximum Gasteiger partial charge on any atom is 0.213 e. The normalized spacial score (nSPS) is 20.5. The first-order chi connectivity index (χ1) is 13.2. The van der Waals surface area contributed by atoms with Gasteiger partial charge in [0, 0.05) is 27.0 Å². The van der Waals surface area contributed by atoms with Crippen molar-refractivity contribution in [2.75, 3.05) is 0 Å². The Bertz CT molecular complexity index is 1020. The molecule has 2 aliphatic heterocycles. The molecular formula is C22H16BrClN2O. The van der Waals surface area contributed by atoms with Crippen LogP contribution in [-0.4, -0.2) is 10.7 Å². The minimum Gasteiger partial charge on any atom is -0.464 e. The molecular weight excluding hydrogens is 424 g/mol. The highest BCUT2D eigenvalue weighted by Gasteiger charge is 2.40. The number of hydrazone groups is 1. The number of nitrogens with zero attached hydrogens (tertiary/aromatic N) is 2. The number of halogens is 2. The molecule has 2 aliphatic rings. The molecule has 0 spiro atoms. The molecule has 0 saturated carbocycles. The fraction of sp³-hybridized carbons (Fsp3) is 0.136. The molecule has 0 fully saturated rings. The minimum atomic E-state index is -0.241. The van der Waals surface area contributed by atoms with Gasteiger partial charge in [-0.05, 0) is 35.9 Å². The number of benzene rings is 3. The lowest BCUT2D eigenvalue weighted by molar-refractivity contribution is -0.0190. The lowest BCUT2D eigenvalue weighted by atomic mass is 9.96. The van der Waals surface area contributed by atoms with Gasteiger partial charge in [0.1, 0.15) is 5.75 Å². The number of hydrogen-bond acceptors (Lipinski definition) is 3. The van der Waals surface area contributed by atoms with Crippen LogP contribution in [0.3, 0.4) is 0 Å². The lowest BCUT2D eigenvalue weighted by Crippen LogP contribution is -2.33. The van der Waals surface area contributed by atoms with Gasteiger partial charge in [-0.2, -0.15) is 5.10 Å². The van der Waals surface area contributed by atoms with Crippen LogP contribution in [0.2, 0.25) is 5.02 Å². The van der Waals surface area contributed by atoms with Gasteiger partial charge >= 0.3 is 0 Å². The Kier molecular flexibility index (Phi) is 4.18. The molecule has 2 atom stereocenters. The highest BCUT2D eigenvalue weighted by molar-refractivity contribution is 9.10. The smallest absolute Gasteiger partial charge is 0.213 e. The van der Waals surface area contributed by atoms with Gasteiger partial charge in [-0.3, -0.25) is 0 Å². The van der Waals surface area contributed by atoms with Crippen molar-refractivity contribution in [1.82, 2.24) is 5.01 Å². The third-order valence-electron chi connectivity index (χ3n) is 5.01. The van der Waals surface area contributed by atoms with Crippen molar-refractivity contribution < 1.29 is 4.74 Å². The van der Waals surface area contributed by atoms with Crippen molar-refractivity contribution in [2.45, 2.75) is 18.7 Å². The summed E-state index contributed by atoms with van der Waals surface area (Å²) >= 11 is 9.64. The SMILES string of the molecule is Clc1ccc(C2=NN3[C@@H](c4ccccc4)Oc4ccc(Br)cc4[C@@H]3C2)cc1. The Hall–Kier alpha value is -2.30. The average Bonchev–Trinajstić information content (AvgIpc) is 3.14. The Morgan fingerprint density at radius 2 is 1.78 bits per heavy atom. The molecule has 0 radical (unpaired) electrons. The Labute approximate surface area is 171 Å². The van der Waals surface area contributed by atoms with Crippen molar-refractivity contribution in [3.8, 4) is 5.75 Å². The Morgan fingerprint density at radius 3 is 2.56 bits per heavy atom. The van der Waals surface area contributed by atoms with Gasteiger partial charge in [-0.1, -0.05) is 70.0 Å². The molecule has 0 N–H and O–H groups in total. The average molecular weight is 440 g/mol. The Morgan fingerprint density at radius 1 is 1.00 bits per heavy atom. The summed E-state index contributed by atoms with van der Waals surface area (Å²) in [5, 5.41) is 7.79. The second kappa shape index (κ2) is 6.70. The van der Waals surface area contributed by atoms with Gasteiger partial charge in [-0.15, -0.1) is 0 Å². The monoisotopic (exact) mass is 438 g/mol. The number of rotatable bonds is 2. The molecule has 0 saturated heterocycles. The third-order valence-corrected chi connectivity index (χ3v) is 5.76. The predicted molar refractivity (Wildman–Crippen MR) is 111 cm³/mol. The van der Waals surface area contributed by atoms with E-state index >= 15 is 0 Å². The van der Waals surface area contributed by atoms with Crippen LogP contribution in [0.5, 0.6) is 5.75 Å². The van der Waals surface area contributed by atoms with Crippen molar-refractivity contribution in [1.29, 1.82) is 0 Å². The first-order valence-corrected chi connectivity index (χ1v) is 9.99. The molecule has 2 heterocycles. The summed E-state index contributed by atoms with van der Waals surface area (Å²) in [7, 11) is 0. The second-order valence-electron chi connectivity index (χ2n) is 6.72. The largest absolute Gasteiger partial charge is 0.464 e. The minimum absolute atomic E-state index is 0.141. The van der Waals surface area contributed by atoms with Crippen molar-refractivity contribution in [2.24, 2.45) is 5.10 Å². The van der Waals surface area contributed by atoms with Crippen molar-refractivity contribution >= 4 is 33.2 Å². The van der Waals surface area contributed by atoms with Crippen molar-refractivity contribution in [3.63, 3.8) is 0 Å².